The standard InChI is InChI=1S/C25H21F3N4O/c1-14-7-11-17(12-8-14)32-23-22(15(2)31-32)18(13-21(29-23)16-9-10-16)24(33)30-20-6-4-3-5-19(20)25(26,27)28/h3-8,11-13,16H,9-10H2,1-2H3,(H,30,33). The van der Waals surface area contributed by atoms with Crippen molar-refractivity contribution >= 4 is 22.6 Å². The van der Waals surface area contributed by atoms with Crippen LogP contribution in [-0.4, -0.2) is 20.7 Å². The molecule has 2 heterocycles. The number of pyridine rings is 1. The number of hydrogen-bond acceptors (Lipinski definition) is 3. The molecule has 1 fully saturated rings. The molecule has 0 aliphatic heterocycles. The molecule has 5 nitrogen and oxygen atoms in total. The van der Waals surface area contributed by atoms with Gasteiger partial charge in [0.1, 0.15) is 0 Å². The first-order valence-corrected chi connectivity index (χ1v) is 10.7. The lowest BCUT2D eigenvalue weighted by Gasteiger charge is -2.14. The Kier molecular flexibility index (Phi) is 4.96. The molecule has 0 saturated heterocycles. The summed E-state index contributed by atoms with van der Waals surface area (Å²) in [6.45, 7) is 3.76. The van der Waals surface area contributed by atoms with Gasteiger partial charge in [0.2, 0.25) is 0 Å². The molecule has 0 spiro atoms. The Morgan fingerprint density at radius 1 is 1.06 bits per heavy atom. The van der Waals surface area contributed by atoms with Gasteiger partial charge in [0, 0.05) is 11.6 Å². The molecule has 0 unspecified atom stereocenters. The zero-order chi connectivity index (χ0) is 23.3. The number of amides is 1. The second-order valence-corrected chi connectivity index (χ2v) is 8.40. The summed E-state index contributed by atoms with van der Waals surface area (Å²) >= 11 is 0. The lowest BCUT2D eigenvalue weighted by molar-refractivity contribution is -0.136. The van der Waals surface area contributed by atoms with Crippen LogP contribution in [0, 0.1) is 13.8 Å². The van der Waals surface area contributed by atoms with Crippen molar-refractivity contribution in [3.63, 3.8) is 0 Å². The van der Waals surface area contributed by atoms with Crippen LogP contribution >= 0.6 is 0 Å². The van der Waals surface area contributed by atoms with Gasteiger partial charge in [-0.25, -0.2) is 9.67 Å². The number of halogens is 3. The summed E-state index contributed by atoms with van der Waals surface area (Å²) in [7, 11) is 0. The lowest BCUT2D eigenvalue weighted by atomic mass is 10.1. The van der Waals surface area contributed by atoms with Crippen molar-refractivity contribution in [1.82, 2.24) is 14.8 Å². The first-order chi connectivity index (χ1) is 15.7. The molecule has 8 heteroatoms. The molecule has 1 aliphatic rings. The van der Waals surface area contributed by atoms with E-state index < -0.39 is 17.6 Å². The Bertz CT molecular complexity index is 1370. The van der Waals surface area contributed by atoms with Crippen molar-refractivity contribution < 1.29 is 18.0 Å². The van der Waals surface area contributed by atoms with Gasteiger partial charge in [-0.1, -0.05) is 29.8 Å². The van der Waals surface area contributed by atoms with Crippen LogP contribution in [0.25, 0.3) is 16.7 Å². The van der Waals surface area contributed by atoms with Crippen LogP contribution in [0.15, 0.2) is 54.6 Å². The summed E-state index contributed by atoms with van der Waals surface area (Å²) in [5, 5.41) is 7.61. The Hall–Kier alpha value is -3.68. The highest BCUT2D eigenvalue weighted by atomic mass is 19.4. The van der Waals surface area contributed by atoms with Crippen LogP contribution in [-0.2, 0) is 6.18 Å². The number of alkyl halides is 3. The number of para-hydroxylation sites is 1. The minimum Gasteiger partial charge on any atom is -0.321 e. The van der Waals surface area contributed by atoms with Gasteiger partial charge in [-0.15, -0.1) is 0 Å². The van der Waals surface area contributed by atoms with Gasteiger partial charge in [0.25, 0.3) is 5.91 Å². The van der Waals surface area contributed by atoms with E-state index in [0.717, 1.165) is 35.9 Å². The number of carbonyl (C=O) groups excluding carboxylic acids is 1. The highest BCUT2D eigenvalue weighted by Gasteiger charge is 2.34. The molecule has 2 aromatic carbocycles. The summed E-state index contributed by atoms with van der Waals surface area (Å²) in [5.74, 6) is -0.377. The number of rotatable bonds is 4. The van der Waals surface area contributed by atoms with Crippen molar-refractivity contribution in [2.75, 3.05) is 5.32 Å². The Morgan fingerprint density at radius 2 is 1.76 bits per heavy atom. The number of aryl methyl sites for hydroxylation is 2. The molecular weight excluding hydrogens is 429 g/mol. The molecule has 33 heavy (non-hydrogen) atoms. The molecule has 0 atom stereocenters. The average Bonchev–Trinajstić information content (AvgIpc) is 3.57. The molecule has 1 amide bonds. The number of hydrogen-bond donors (Lipinski definition) is 1. The van der Waals surface area contributed by atoms with Crippen LogP contribution in [0.4, 0.5) is 18.9 Å². The highest BCUT2D eigenvalue weighted by molar-refractivity contribution is 6.13. The largest absolute Gasteiger partial charge is 0.418 e. The van der Waals surface area contributed by atoms with Gasteiger partial charge in [-0.05, 0) is 57.0 Å². The van der Waals surface area contributed by atoms with E-state index in [0.29, 0.717) is 16.7 Å². The monoisotopic (exact) mass is 450 g/mol. The Morgan fingerprint density at radius 3 is 2.42 bits per heavy atom. The smallest absolute Gasteiger partial charge is 0.321 e. The van der Waals surface area contributed by atoms with Crippen molar-refractivity contribution in [3.05, 3.63) is 82.7 Å². The Balaban J connectivity index is 1.64. The van der Waals surface area contributed by atoms with Crippen molar-refractivity contribution in [2.24, 2.45) is 0 Å². The molecule has 1 aliphatic carbocycles. The first kappa shape index (κ1) is 21.2. The molecule has 1 saturated carbocycles. The molecular formula is C25H21F3N4O. The molecule has 4 aromatic rings. The van der Waals surface area contributed by atoms with E-state index in [1.807, 2.05) is 31.2 Å². The van der Waals surface area contributed by atoms with E-state index in [2.05, 4.69) is 10.4 Å². The van der Waals surface area contributed by atoms with Crippen LogP contribution < -0.4 is 5.32 Å². The molecule has 0 bridgehead atoms. The fourth-order valence-electron chi connectivity index (χ4n) is 3.97. The zero-order valence-corrected chi connectivity index (χ0v) is 18.1. The summed E-state index contributed by atoms with van der Waals surface area (Å²) in [4.78, 5) is 18.1. The van der Waals surface area contributed by atoms with Gasteiger partial charge in [0.15, 0.2) is 5.65 Å². The number of fused-ring (bicyclic) bond motifs is 1. The van der Waals surface area contributed by atoms with Crippen LogP contribution in [0.2, 0.25) is 0 Å². The van der Waals surface area contributed by atoms with Crippen molar-refractivity contribution in [1.29, 1.82) is 0 Å². The van der Waals surface area contributed by atoms with Crippen LogP contribution in [0.1, 0.15) is 51.6 Å². The Labute approximate surface area is 188 Å². The van der Waals surface area contributed by atoms with Gasteiger partial charge in [0.05, 0.1) is 33.6 Å². The first-order valence-electron chi connectivity index (χ1n) is 10.7. The summed E-state index contributed by atoms with van der Waals surface area (Å²) in [6.07, 6.45) is -2.65. The quantitative estimate of drug-likeness (QED) is 0.404. The third kappa shape index (κ3) is 3.97. The fourth-order valence-corrected chi connectivity index (χ4v) is 3.97. The van der Waals surface area contributed by atoms with E-state index in [9.17, 15) is 18.0 Å². The molecule has 0 radical (unpaired) electrons. The number of nitrogens with zero attached hydrogens (tertiary/aromatic N) is 3. The van der Waals surface area contributed by atoms with E-state index in [1.54, 1.807) is 17.7 Å². The number of nitrogens with one attached hydrogen (secondary N) is 1. The summed E-state index contributed by atoms with van der Waals surface area (Å²) in [6, 6.07) is 14.4. The molecule has 5 rings (SSSR count). The minimum atomic E-state index is -4.58. The number of aromatic nitrogens is 3. The second kappa shape index (κ2) is 7.72. The third-order valence-corrected chi connectivity index (χ3v) is 5.83. The minimum absolute atomic E-state index is 0.241. The second-order valence-electron chi connectivity index (χ2n) is 8.40. The van der Waals surface area contributed by atoms with Gasteiger partial charge < -0.3 is 5.32 Å². The van der Waals surface area contributed by atoms with Gasteiger partial charge in [-0.2, -0.15) is 18.3 Å². The van der Waals surface area contributed by atoms with E-state index in [4.69, 9.17) is 4.98 Å². The predicted octanol–water partition coefficient (Wildman–Crippen LogP) is 6.19. The molecule has 2 aromatic heterocycles. The highest BCUT2D eigenvalue weighted by Crippen LogP contribution is 2.41. The average molecular weight is 450 g/mol. The fraction of sp³-hybridized carbons (Fsp3) is 0.240. The zero-order valence-electron chi connectivity index (χ0n) is 18.1. The number of anilines is 1. The lowest BCUT2D eigenvalue weighted by Crippen LogP contribution is -2.17. The van der Waals surface area contributed by atoms with Crippen LogP contribution in [0.3, 0.4) is 0 Å². The maximum absolute atomic E-state index is 13.4. The maximum atomic E-state index is 13.4. The van der Waals surface area contributed by atoms with Crippen LogP contribution in [0.5, 0.6) is 0 Å². The topological polar surface area (TPSA) is 59.8 Å². The van der Waals surface area contributed by atoms with E-state index in [-0.39, 0.29) is 17.2 Å². The van der Waals surface area contributed by atoms with Crippen molar-refractivity contribution in [2.45, 2.75) is 38.8 Å². The van der Waals surface area contributed by atoms with Gasteiger partial charge >= 0.3 is 6.18 Å². The predicted molar refractivity (Wildman–Crippen MR) is 120 cm³/mol. The van der Waals surface area contributed by atoms with E-state index >= 15 is 0 Å². The van der Waals surface area contributed by atoms with E-state index in [1.165, 1.54) is 18.2 Å². The SMILES string of the molecule is Cc1ccc(-n2nc(C)c3c(C(=O)Nc4ccccc4C(F)(F)F)cc(C4CC4)nc32)cc1. The van der Waals surface area contributed by atoms with Gasteiger partial charge in [-0.3, -0.25) is 4.79 Å². The van der Waals surface area contributed by atoms with Crippen molar-refractivity contribution in [3.8, 4) is 5.69 Å². The number of carbonyl (C=O) groups is 1. The summed E-state index contributed by atoms with van der Waals surface area (Å²) < 4.78 is 42.0. The summed E-state index contributed by atoms with van der Waals surface area (Å²) in [5.41, 5.74) is 2.86. The molecule has 1 N–H and O–H groups in total. The number of benzene rings is 2. The molecule has 168 valence electrons. The normalized spacial score (nSPS) is 14.0. The third-order valence-electron chi connectivity index (χ3n) is 5.83. The maximum Gasteiger partial charge on any atom is 0.418 e.